The van der Waals surface area contributed by atoms with E-state index in [2.05, 4.69) is 26.9 Å². The molecule has 0 spiro atoms. The Labute approximate surface area is 212 Å². The van der Waals surface area contributed by atoms with Crippen LogP contribution in [0.5, 0.6) is 0 Å². The summed E-state index contributed by atoms with van der Waals surface area (Å²) < 4.78 is 21.5. The van der Waals surface area contributed by atoms with Crippen molar-refractivity contribution in [3.63, 3.8) is 0 Å². The van der Waals surface area contributed by atoms with Gasteiger partial charge in [0.15, 0.2) is 29.2 Å². The Hall–Kier alpha value is -2.85. The Morgan fingerprint density at radius 3 is 2.78 bits per heavy atom. The third-order valence-corrected chi connectivity index (χ3v) is 8.59. The number of nitrogens with one attached hydrogen (secondary N) is 1. The zero-order chi connectivity index (χ0) is 25.0. The highest BCUT2D eigenvalue weighted by Gasteiger charge is 2.42. The molecule has 9 nitrogen and oxygen atoms in total. The number of hydrogen-bond acceptors (Lipinski definition) is 7. The predicted molar refractivity (Wildman–Crippen MR) is 131 cm³/mol. The zero-order valence-corrected chi connectivity index (χ0v) is 20.7. The molecule has 0 amide bonds. The standard InChI is InChI=1S/C25H28ClFN6O3/c1-12-13-2-4-14(5-3-13)15(12)8-17-20(27)24(33-6-7-36-18(11-33)25(34)35)32-22(30-17)16-9-28-23-21(16)31-19(26)10-29-23/h9-10,12-15,18H,2-8,11H2,1H3,(H,28,29)(H,34,35)/t12-,13?,14?,15+,18?/m0/s1. The van der Waals surface area contributed by atoms with E-state index in [0.29, 0.717) is 64.9 Å². The SMILES string of the molecule is C[C@H]1C2CCC(CC2)[C@@H]1Cc1nc(-c2c[nH]c3ncc(Cl)nc23)nc(N2CCOC(C(=O)O)C2)c1F. The van der Waals surface area contributed by atoms with Crippen molar-refractivity contribution in [1.82, 2.24) is 24.9 Å². The van der Waals surface area contributed by atoms with E-state index in [0.717, 1.165) is 0 Å². The number of H-pyrrole nitrogens is 1. The van der Waals surface area contributed by atoms with E-state index in [-0.39, 0.29) is 24.1 Å². The number of ether oxygens (including phenoxy) is 1. The van der Waals surface area contributed by atoms with Crippen molar-refractivity contribution >= 4 is 34.6 Å². The summed E-state index contributed by atoms with van der Waals surface area (Å²) in [4.78, 5) is 34.3. The molecule has 3 saturated carbocycles. The zero-order valence-electron chi connectivity index (χ0n) is 20.0. The molecular formula is C25H28ClFN6O3. The van der Waals surface area contributed by atoms with Gasteiger partial charge in [-0.15, -0.1) is 0 Å². The first-order chi connectivity index (χ1) is 17.4. The lowest BCUT2D eigenvalue weighted by molar-refractivity contribution is -0.150. The lowest BCUT2D eigenvalue weighted by atomic mass is 9.58. The van der Waals surface area contributed by atoms with Crippen molar-refractivity contribution in [1.29, 1.82) is 0 Å². The molecule has 4 heterocycles. The van der Waals surface area contributed by atoms with Gasteiger partial charge < -0.3 is 19.7 Å². The second-order valence-electron chi connectivity index (χ2n) is 10.3. The third-order valence-electron chi connectivity index (χ3n) is 8.41. The number of anilines is 1. The second kappa shape index (κ2) is 9.23. The summed E-state index contributed by atoms with van der Waals surface area (Å²) >= 11 is 6.11. The largest absolute Gasteiger partial charge is 0.479 e. The van der Waals surface area contributed by atoms with Crippen molar-refractivity contribution in [2.75, 3.05) is 24.6 Å². The Balaban J connectivity index is 1.44. The highest BCUT2D eigenvalue weighted by atomic mass is 35.5. The van der Waals surface area contributed by atoms with Crippen LogP contribution < -0.4 is 4.90 Å². The van der Waals surface area contributed by atoms with Gasteiger partial charge in [0.1, 0.15) is 10.7 Å². The topological polar surface area (TPSA) is 117 Å². The monoisotopic (exact) mass is 514 g/mol. The molecule has 2 N–H and O–H groups in total. The summed E-state index contributed by atoms with van der Waals surface area (Å²) in [6, 6.07) is 0. The number of fused-ring (bicyclic) bond motifs is 4. The fourth-order valence-electron chi connectivity index (χ4n) is 6.43. The molecule has 0 radical (unpaired) electrons. The minimum absolute atomic E-state index is 0.00615. The Morgan fingerprint density at radius 2 is 2.03 bits per heavy atom. The minimum atomic E-state index is -1.08. The summed E-state index contributed by atoms with van der Waals surface area (Å²) in [5, 5.41) is 9.70. The van der Waals surface area contributed by atoms with Crippen molar-refractivity contribution in [3.8, 4) is 11.4 Å². The van der Waals surface area contributed by atoms with Crippen LogP contribution in [-0.4, -0.2) is 61.8 Å². The number of carboxylic acid groups (broad SMARTS) is 1. The maximum Gasteiger partial charge on any atom is 0.334 e. The van der Waals surface area contributed by atoms with E-state index in [1.54, 1.807) is 11.1 Å². The highest BCUT2D eigenvalue weighted by molar-refractivity contribution is 6.29. The molecule has 4 fully saturated rings. The van der Waals surface area contributed by atoms with Gasteiger partial charge in [0.2, 0.25) is 0 Å². The molecule has 1 saturated heterocycles. The average molecular weight is 515 g/mol. The van der Waals surface area contributed by atoms with Gasteiger partial charge in [-0.3, -0.25) is 0 Å². The normalized spacial score (nSPS) is 28.1. The molecule has 2 bridgehead atoms. The molecule has 3 aromatic rings. The van der Waals surface area contributed by atoms with Crippen LogP contribution in [0, 0.1) is 29.5 Å². The fourth-order valence-corrected chi connectivity index (χ4v) is 6.56. The van der Waals surface area contributed by atoms with Gasteiger partial charge in [0, 0.05) is 12.7 Å². The first kappa shape index (κ1) is 23.5. The molecule has 3 aromatic heterocycles. The van der Waals surface area contributed by atoms with E-state index in [9.17, 15) is 9.90 Å². The van der Waals surface area contributed by atoms with Crippen LogP contribution >= 0.6 is 11.6 Å². The lowest BCUT2D eigenvalue weighted by Gasteiger charge is -2.47. The predicted octanol–water partition coefficient (Wildman–Crippen LogP) is 4.11. The molecule has 1 aliphatic heterocycles. The van der Waals surface area contributed by atoms with Crippen LogP contribution in [0.3, 0.4) is 0 Å². The number of rotatable bonds is 5. The lowest BCUT2D eigenvalue weighted by Crippen LogP contribution is -2.47. The number of halogens is 2. The molecule has 3 aliphatic carbocycles. The Kier molecular flexibility index (Phi) is 6.03. The van der Waals surface area contributed by atoms with Crippen molar-refractivity contribution in [2.45, 2.75) is 45.1 Å². The molecule has 1 unspecified atom stereocenters. The van der Waals surface area contributed by atoms with Crippen LogP contribution in [0.15, 0.2) is 12.4 Å². The van der Waals surface area contributed by atoms with Gasteiger partial charge in [-0.25, -0.2) is 29.1 Å². The van der Waals surface area contributed by atoms with Gasteiger partial charge in [-0.2, -0.15) is 0 Å². The molecule has 11 heteroatoms. The van der Waals surface area contributed by atoms with Gasteiger partial charge >= 0.3 is 5.97 Å². The number of aliphatic carboxylic acids is 1. The minimum Gasteiger partial charge on any atom is -0.479 e. The average Bonchev–Trinajstić information content (AvgIpc) is 3.30. The second-order valence-corrected chi connectivity index (χ2v) is 10.7. The summed E-state index contributed by atoms with van der Waals surface area (Å²) in [7, 11) is 0. The molecule has 36 heavy (non-hydrogen) atoms. The van der Waals surface area contributed by atoms with E-state index in [4.69, 9.17) is 21.3 Å². The van der Waals surface area contributed by atoms with E-state index >= 15 is 4.39 Å². The van der Waals surface area contributed by atoms with E-state index in [1.165, 1.54) is 31.9 Å². The fraction of sp³-hybridized carbons (Fsp3) is 0.560. The smallest absolute Gasteiger partial charge is 0.334 e. The van der Waals surface area contributed by atoms with E-state index in [1.807, 2.05) is 0 Å². The number of morpholine rings is 1. The maximum atomic E-state index is 16.1. The number of aromatic amines is 1. The summed E-state index contributed by atoms with van der Waals surface area (Å²) in [5.74, 6) is 0.978. The number of carboxylic acids is 1. The highest BCUT2D eigenvalue weighted by Crippen LogP contribution is 2.50. The van der Waals surface area contributed by atoms with Crippen molar-refractivity contribution in [3.05, 3.63) is 29.1 Å². The van der Waals surface area contributed by atoms with Gasteiger partial charge in [-0.05, 0) is 55.8 Å². The Morgan fingerprint density at radius 1 is 1.25 bits per heavy atom. The van der Waals surface area contributed by atoms with Gasteiger partial charge in [0.05, 0.1) is 30.6 Å². The summed E-state index contributed by atoms with van der Waals surface area (Å²) in [5.41, 5.74) is 1.97. The summed E-state index contributed by atoms with van der Waals surface area (Å²) in [6.07, 6.45) is 7.51. The van der Waals surface area contributed by atoms with Crippen LogP contribution in [0.25, 0.3) is 22.6 Å². The molecule has 7 rings (SSSR count). The molecule has 0 aromatic carbocycles. The van der Waals surface area contributed by atoms with Crippen LogP contribution in [-0.2, 0) is 16.0 Å². The molecule has 4 aliphatic rings. The van der Waals surface area contributed by atoms with Gasteiger partial charge in [0.25, 0.3) is 0 Å². The molecule has 3 atom stereocenters. The number of nitrogens with zero attached hydrogens (tertiary/aromatic N) is 5. The maximum absolute atomic E-state index is 16.1. The first-order valence-corrected chi connectivity index (χ1v) is 12.9. The van der Waals surface area contributed by atoms with E-state index < -0.39 is 17.9 Å². The first-order valence-electron chi connectivity index (χ1n) is 12.5. The van der Waals surface area contributed by atoms with Crippen molar-refractivity contribution in [2.24, 2.45) is 23.7 Å². The summed E-state index contributed by atoms with van der Waals surface area (Å²) in [6.45, 7) is 2.80. The molecule has 190 valence electrons. The van der Waals surface area contributed by atoms with Crippen LogP contribution in [0.4, 0.5) is 10.2 Å². The molecular weight excluding hydrogens is 487 g/mol. The Bertz CT molecular complexity index is 1310. The number of aromatic nitrogens is 5. The quantitative estimate of drug-likeness (QED) is 0.522. The number of carbonyl (C=O) groups is 1. The van der Waals surface area contributed by atoms with Gasteiger partial charge in [-0.1, -0.05) is 18.5 Å². The van der Waals surface area contributed by atoms with Crippen LogP contribution in [0.2, 0.25) is 5.15 Å². The number of hydrogen-bond donors (Lipinski definition) is 2. The third kappa shape index (κ3) is 4.10. The van der Waals surface area contributed by atoms with Crippen LogP contribution in [0.1, 0.15) is 38.3 Å². The van der Waals surface area contributed by atoms with Crippen molar-refractivity contribution < 1.29 is 19.0 Å².